The lowest BCUT2D eigenvalue weighted by atomic mass is 10.1. The van der Waals surface area contributed by atoms with Crippen molar-refractivity contribution in [3.63, 3.8) is 0 Å². The lowest BCUT2D eigenvalue weighted by molar-refractivity contribution is 0.312. The minimum Gasteiger partial charge on any atom is -0.465 e. The summed E-state index contributed by atoms with van der Waals surface area (Å²) in [6.07, 6.45) is 4.75. The van der Waals surface area contributed by atoms with Crippen LogP contribution in [0.1, 0.15) is 5.56 Å². The summed E-state index contributed by atoms with van der Waals surface area (Å²) in [4.78, 5) is 8.11. The van der Waals surface area contributed by atoms with E-state index in [9.17, 15) is 0 Å². The monoisotopic (exact) mass is 179 g/mol. The second-order valence-electron chi connectivity index (χ2n) is 2.38. The molecule has 0 saturated carbocycles. The van der Waals surface area contributed by atoms with Crippen molar-refractivity contribution in [2.45, 2.75) is 6.42 Å². The Labute approximate surface area is 75.4 Å². The highest BCUT2D eigenvalue weighted by Gasteiger charge is 2.02. The summed E-state index contributed by atoms with van der Waals surface area (Å²) in [6, 6.07) is 8.08. The summed E-state index contributed by atoms with van der Waals surface area (Å²) in [5.41, 5.74) is 1.27. The Kier molecular flexibility index (Phi) is 3.50. The highest BCUT2D eigenvalue weighted by atomic mass is 16.6. The molecule has 1 aliphatic heterocycles. The van der Waals surface area contributed by atoms with Gasteiger partial charge in [-0.15, -0.1) is 4.91 Å². The zero-order valence-corrected chi connectivity index (χ0v) is 6.88. The molecule has 68 valence electrons. The van der Waals surface area contributed by atoms with E-state index in [1.54, 1.807) is 6.26 Å². The normalized spacial score (nSPS) is 11.7. The topological polar surface area (TPSA) is 58.9 Å². The van der Waals surface area contributed by atoms with Crippen molar-refractivity contribution in [2.75, 3.05) is 0 Å². The fourth-order valence-corrected chi connectivity index (χ4v) is 1.08. The second kappa shape index (κ2) is 4.92. The summed E-state index contributed by atoms with van der Waals surface area (Å²) < 4.78 is 5.24. The van der Waals surface area contributed by atoms with E-state index in [0.717, 1.165) is 12.2 Å². The SMILES string of the molecule is C1=COc2ccccc2C1.O=NO. The average Bonchev–Trinajstić information content (AvgIpc) is 2.19. The van der Waals surface area contributed by atoms with Gasteiger partial charge < -0.3 is 9.94 Å². The van der Waals surface area contributed by atoms with Crippen LogP contribution in [0.5, 0.6) is 5.75 Å². The maximum Gasteiger partial charge on any atom is 0.152 e. The van der Waals surface area contributed by atoms with Crippen LogP contribution in [0.3, 0.4) is 0 Å². The number of allylic oxidation sites excluding steroid dienone is 1. The number of nitrogens with zero attached hydrogens (tertiary/aromatic N) is 1. The minimum atomic E-state index is 0.991. The van der Waals surface area contributed by atoms with E-state index in [-0.39, 0.29) is 0 Å². The highest BCUT2D eigenvalue weighted by molar-refractivity contribution is 5.36. The Bertz CT molecular complexity index is 282. The van der Waals surface area contributed by atoms with Crippen molar-refractivity contribution in [2.24, 2.45) is 5.34 Å². The van der Waals surface area contributed by atoms with Gasteiger partial charge in [-0.05, 0) is 24.1 Å². The number of para-hydroxylation sites is 1. The third kappa shape index (κ3) is 2.59. The Morgan fingerprint density at radius 1 is 1.38 bits per heavy atom. The van der Waals surface area contributed by atoms with E-state index in [4.69, 9.17) is 14.9 Å². The maximum atomic E-state index is 8.11. The molecule has 4 heteroatoms. The predicted octanol–water partition coefficient (Wildman–Crippen LogP) is 2.28. The van der Waals surface area contributed by atoms with E-state index in [2.05, 4.69) is 6.07 Å². The van der Waals surface area contributed by atoms with Crippen molar-refractivity contribution in [1.29, 1.82) is 0 Å². The van der Waals surface area contributed by atoms with E-state index in [1.807, 2.05) is 24.3 Å². The second-order valence-corrected chi connectivity index (χ2v) is 2.38. The smallest absolute Gasteiger partial charge is 0.152 e. The molecule has 0 aliphatic carbocycles. The molecule has 0 spiro atoms. The van der Waals surface area contributed by atoms with Gasteiger partial charge in [0.25, 0.3) is 0 Å². The Morgan fingerprint density at radius 2 is 2.08 bits per heavy atom. The number of hydrogen-bond acceptors (Lipinski definition) is 3. The summed E-state index contributed by atoms with van der Waals surface area (Å²) >= 11 is 0. The first-order valence-corrected chi connectivity index (χ1v) is 3.74. The van der Waals surface area contributed by atoms with Gasteiger partial charge in [0.15, 0.2) is 5.34 Å². The molecule has 0 bridgehead atoms. The molecular formula is C9H9NO3. The lowest BCUT2D eigenvalue weighted by Crippen LogP contribution is -1.94. The zero-order valence-electron chi connectivity index (χ0n) is 6.88. The molecule has 13 heavy (non-hydrogen) atoms. The molecular weight excluding hydrogens is 170 g/mol. The third-order valence-corrected chi connectivity index (χ3v) is 1.60. The van der Waals surface area contributed by atoms with E-state index < -0.39 is 0 Å². The molecule has 0 amide bonds. The number of rotatable bonds is 0. The molecule has 0 aromatic heterocycles. The third-order valence-electron chi connectivity index (χ3n) is 1.60. The number of hydrogen-bond donors (Lipinski definition) is 1. The predicted molar refractivity (Wildman–Crippen MR) is 47.5 cm³/mol. The fraction of sp³-hybridized carbons (Fsp3) is 0.111. The van der Waals surface area contributed by atoms with Crippen molar-refractivity contribution < 1.29 is 9.94 Å². The zero-order chi connectivity index (χ0) is 9.52. The van der Waals surface area contributed by atoms with Crippen LogP contribution >= 0.6 is 0 Å². The van der Waals surface area contributed by atoms with Crippen LogP contribution in [0, 0.1) is 4.91 Å². The first-order valence-electron chi connectivity index (χ1n) is 3.74. The number of fused-ring (bicyclic) bond motifs is 1. The van der Waals surface area contributed by atoms with Crippen LogP contribution in [0.15, 0.2) is 41.9 Å². The lowest BCUT2D eigenvalue weighted by Gasteiger charge is -2.09. The largest absolute Gasteiger partial charge is 0.465 e. The fourth-order valence-electron chi connectivity index (χ4n) is 1.08. The van der Waals surface area contributed by atoms with E-state index in [0.29, 0.717) is 0 Å². The van der Waals surface area contributed by atoms with Gasteiger partial charge in [-0.25, -0.2) is 0 Å². The summed E-state index contributed by atoms with van der Waals surface area (Å²) in [5.74, 6) is 0.991. The van der Waals surface area contributed by atoms with Gasteiger partial charge in [-0.2, -0.15) is 0 Å². The van der Waals surface area contributed by atoms with Crippen LogP contribution in [0.4, 0.5) is 0 Å². The van der Waals surface area contributed by atoms with Crippen LogP contribution in [-0.4, -0.2) is 5.21 Å². The molecule has 2 rings (SSSR count). The van der Waals surface area contributed by atoms with E-state index in [1.165, 1.54) is 10.9 Å². The van der Waals surface area contributed by atoms with Gasteiger partial charge in [0, 0.05) is 0 Å². The molecule has 1 aliphatic rings. The maximum absolute atomic E-state index is 8.11. The summed E-state index contributed by atoms with van der Waals surface area (Å²) in [6.45, 7) is 0. The molecule has 0 fully saturated rings. The summed E-state index contributed by atoms with van der Waals surface area (Å²) in [7, 11) is 0. The number of ether oxygens (including phenoxy) is 1. The van der Waals surface area contributed by atoms with Crippen molar-refractivity contribution in [3.8, 4) is 5.75 Å². The van der Waals surface area contributed by atoms with Crippen molar-refractivity contribution in [3.05, 3.63) is 47.1 Å². The molecule has 1 N–H and O–H groups in total. The van der Waals surface area contributed by atoms with Crippen LogP contribution < -0.4 is 4.74 Å². The van der Waals surface area contributed by atoms with Gasteiger partial charge in [-0.3, -0.25) is 0 Å². The number of benzene rings is 1. The van der Waals surface area contributed by atoms with Gasteiger partial charge in [0.1, 0.15) is 5.75 Å². The quantitative estimate of drug-likeness (QED) is 0.491. The molecule has 1 heterocycles. The molecule has 0 unspecified atom stereocenters. The molecule has 1 aromatic rings. The van der Waals surface area contributed by atoms with Crippen molar-refractivity contribution >= 4 is 0 Å². The molecule has 4 nitrogen and oxygen atoms in total. The van der Waals surface area contributed by atoms with Gasteiger partial charge >= 0.3 is 0 Å². The van der Waals surface area contributed by atoms with Crippen molar-refractivity contribution in [1.82, 2.24) is 0 Å². The van der Waals surface area contributed by atoms with Crippen LogP contribution in [-0.2, 0) is 6.42 Å². The Hall–Kier alpha value is -1.84. The van der Waals surface area contributed by atoms with Gasteiger partial charge in [-0.1, -0.05) is 18.2 Å². The van der Waals surface area contributed by atoms with Gasteiger partial charge in [0.05, 0.1) is 6.26 Å². The van der Waals surface area contributed by atoms with Crippen LogP contribution in [0.25, 0.3) is 0 Å². The standard InChI is InChI=1S/C9H8O.HNO2/c1-2-6-9-8(4-1)5-3-7-10-9;2-1-3/h1-4,6-7H,5H2;(H,2,3). The first-order chi connectivity index (χ1) is 6.38. The van der Waals surface area contributed by atoms with Crippen LogP contribution in [0.2, 0.25) is 0 Å². The minimum absolute atomic E-state index is 0.991. The Balaban J connectivity index is 0.000000251. The van der Waals surface area contributed by atoms with Gasteiger partial charge in [0.2, 0.25) is 0 Å². The molecule has 0 saturated heterocycles. The molecule has 0 atom stereocenters. The average molecular weight is 179 g/mol. The summed E-state index contributed by atoms with van der Waals surface area (Å²) in [5, 5.41) is 7.89. The molecule has 1 aromatic carbocycles. The van der Waals surface area contributed by atoms with E-state index >= 15 is 0 Å². The highest BCUT2D eigenvalue weighted by Crippen LogP contribution is 2.21. The Morgan fingerprint density at radius 3 is 2.77 bits per heavy atom. The first kappa shape index (κ1) is 9.25. The molecule has 0 radical (unpaired) electrons.